The topological polar surface area (TPSA) is 70.1 Å². The third-order valence-corrected chi connectivity index (χ3v) is 2.30. The number of nitrogens with zero attached hydrogens (tertiary/aromatic N) is 2. The van der Waals surface area contributed by atoms with E-state index < -0.39 is 18.1 Å². The van der Waals surface area contributed by atoms with Gasteiger partial charge in [0.05, 0.1) is 7.11 Å². The summed E-state index contributed by atoms with van der Waals surface area (Å²) in [5.74, 6) is -1.01. The summed E-state index contributed by atoms with van der Waals surface area (Å²) in [5.41, 5.74) is 0. The lowest BCUT2D eigenvalue weighted by Gasteiger charge is -2.23. The minimum atomic E-state index is -1.01. The number of ether oxygens (including phenoxy) is 1. The van der Waals surface area contributed by atoms with Gasteiger partial charge in [0, 0.05) is 7.05 Å². The predicted molar refractivity (Wildman–Crippen MR) is 59.4 cm³/mol. The summed E-state index contributed by atoms with van der Waals surface area (Å²) >= 11 is 0. The largest absolute Gasteiger partial charge is 0.480 e. The Bertz CT molecular complexity index is 243. The zero-order chi connectivity index (χ0) is 12.7. The Balaban J connectivity index is 4.27. The smallest absolute Gasteiger partial charge is 0.409 e. The molecular formula is C10H20N2O4. The SMILES string of the molecule is COC(=O)N(C)C(CCCN(C)C)C(=O)O. The van der Waals surface area contributed by atoms with Gasteiger partial charge in [-0.25, -0.2) is 9.59 Å². The molecule has 1 atom stereocenters. The number of carbonyl (C=O) groups is 2. The highest BCUT2D eigenvalue weighted by molar-refractivity contribution is 5.79. The van der Waals surface area contributed by atoms with Gasteiger partial charge in [-0.2, -0.15) is 0 Å². The van der Waals surface area contributed by atoms with Gasteiger partial charge in [0.1, 0.15) is 6.04 Å². The van der Waals surface area contributed by atoms with Gasteiger partial charge in [-0.1, -0.05) is 0 Å². The molecule has 0 aliphatic carbocycles. The fourth-order valence-corrected chi connectivity index (χ4v) is 1.35. The molecule has 0 radical (unpaired) electrons. The standard InChI is InChI=1S/C10H20N2O4/c1-11(2)7-5-6-8(9(13)14)12(3)10(15)16-4/h8H,5-7H2,1-4H3,(H,13,14). The third kappa shape index (κ3) is 4.97. The first-order valence-electron chi connectivity index (χ1n) is 5.08. The molecule has 0 heterocycles. The van der Waals surface area contributed by atoms with Crippen molar-refractivity contribution in [3.8, 4) is 0 Å². The summed E-state index contributed by atoms with van der Waals surface area (Å²) < 4.78 is 4.48. The molecule has 94 valence electrons. The first-order chi connectivity index (χ1) is 7.40. The molecule has 6 heteroatoms. The van der Waals surface area contributed by atoms with Crippen LogP contribution in [0.1, 0.15) is 12.8 Å². The van der Waals surface area contributed by atoms with Crippen LogP contribution in [0.5, 0.6) is 0 Å². The molecular weight excluding hydrogens is 212 g/mol. The number of carbonyl (C=O) groups excluding carboxylic acids is 1. The average molecular weight is 232 g/mol. The Morgan fingerprint density at radius 3 is 2.25 bits per heavy atom. The molecule has 0 saturated heterocycles. The monoisotopic (exact) mass is 232 g/mol. The molecule has 0 aromatic carbocycles. The normalized spacial score (nSPS) is 12.3. The predicted octanol–water partition coefficient (Wildman–Crippen LogP) is 0.480. The molecule has 0 fully saturated rings. The first kappa shape index (κ1) is 14.7. The van der Waals surface area contributed by atoms with Gasteiger partial charge in [-0.15, -0.1) is 0 Å². The van der Waals surface area contributed by atoms with E-state index in [1.807, 2.05) is 19.0 Å². The molecule has 16 heavy (non-hydrogen) atoms. The van der Waals surface area contributed by atoms with Crippen molar-refractivity contribution in [2.75, 3.05) is 34.8 Å². The second-order valence-corrected chi connectivity index (χ2v) is 3.88. The van der Waals surface area contributed by atoms with Gasteiger partial charge >= 0.3 is 12.1 Å². The van der Waals surface area contributed by atoms with E-state index in [9.17, 15) is 9.59 Å². The number of hydrogen-bond donors (Lipinski definition) is 1. The lowest BCUT2D eigenvalue weighted by atomic mass is 10.1. The first-order valence-corrected chi connectivity index (χ1v) is 5.08. The highest BCUT2D eigenvalue weighted by Gasteiger charge is 2.26. The Hall–Kier alpha value is -1.30. The lowest BCUT2D eigenvalue weighted by molar-refractivity contribution is -0.142. The molecule has 1 N–H and O–H groups in total. The average Bonchev–Trinajstić information content (AvgIpc) is 2.21. The summed E-state index contributed by atoms with van der Waals surface area (Å²) in [6, 6.07) is -0.826. The van der Waals surface area contributed by atoms with Gasteiger partial charge in [0.25, 0.3) is 0 Å². The molecule has 0 aromatic rings. The van der Waals surface area contributed by atoms with E-state index in [1.54, 1.807) is 0 Å². The number of amides is 1. The second-order valence-electron chi connectivity index (χ2n) is 3.88. The van der Waals surface area contributed by atoms with Gasteiger partial charge in [-0.3, -0.25) is 4.90 Å². The number of rotatable bonds is 6. The summed E-state index contributed by atoms with van der Waals surface area (Å²) in [4.78, 5) is 25.2. The summed E-state index contributed by atoms with van der Waals surface area (Å²) in [5, 5.41) is 8.99. The summed E-state index contributed by atoms with van der Waals surface area (Å²) in [6.07, 6.45) is 0.502. The van der Waals surface area contributed by atoms with Crippen molar-refractivity contribution in [1.82, 2.24) is 9.80 Å². The van der Waals surface area contributed by atoms with Crippen LogP contribution in [0, 0.1) is 0 Å². The van der Waals surface area contributed by atoms with E-state index >= 15 is 0 Å². The molecule has 0 saturated carbocycles. The molecule has 1 amide bonds. The van der Waals surface area contributed by atoms with E-state index in [1.165, 1.54) is 14.2 Å². The van der Waals surface area contributed by atoms with Crippen LogP contribution in [-0.2, 0) is 9.53 Å². The van der Waals surface area contributed by atoms with Crippen molar-refractivity contribution < 1.29 is 19.4 Å². The van der Waals surface area contributed by atoms with Crippen LogP contribution in [0.25, 0.3) is 0 Å². The molecule has 6 nitrogen and oxygen atoms in total. The van der Waals surface area contributed by atoms with E-state index in [0.29, 0.717) is 12.8 Å². The number of hydrogen-bond acceptors (Lipinski definition) is 4. The van der Waals surface area contributed by atoms with Crippen LogP contribution >= 0.6 is 0 Å². The van der Waals surface area contributed by atoms with Crippen molar-refractivity contribution in [3.63, 3.8) is 0 Å². The Kier molecular flexibility index (Phi) is 6.48. The zero-order valence-electron chi connectivity index (χ0n) is 10.3. The number of carboxylic acids is 1. The highest BCUT2D eigenvalue weighted by Crippen LogP contribution is 2.07. The molecule has 0 bridgehead atoms. The van der Waals surface area contributed by atoms with E-state index in [2.05, 4.69) is 4.74 Å². The lowest BCUT2D eigenvalue weighted by Crippen LogP contribution is -2.42. The van der Waals surface area contributed by atoms with Crippen molar-refractivity contribution in [2.45, 2.75) is 18.9 Å². The molecule has 0 aromatic heterocycles. The maximum absolute atomic E-state index is 11.2. The van der Waals surface area contributed by atoms with E-state index in [-0.39, 0.29) is 0 Å². The van der Waals surface area contributed by atoms with Crippen molar-refractivity contribution in [2.24, 2.45) is 0 Å². The molecule has 1 unspecified atom stereocenters. The summed E-state index contributed by atoms with van der Waals surface area (Å²) in [6.45, 7) is 0.790. The fraction of sp³-hybridized carbons (Fsp3) is 0.800. The van der Waals surface area contributed by atoms with Crippen molar-refractivity contribution >= 4 is 12.1 Å². The van der Waals surface area contributed by atoms with Crippen LogP contribution < -0.4 is 0 Å². The van der Waals surface area contributed by atoms with Gasteiger partial charge in [0.15, 0.2) is 0 Å². The molecule has 0 spiro atoms. The minimum absolute atomic E-state index is 0.416. The van der Waals surface area contributed by atoms with Crippen LogP contribution in [0.4, 0.5) is 4.79 Å². The van der Waals surface area contributed by atoms with E-state index in [4.69, 9.17) is 5.11 Å². The van der Waals surface area contributed by atoms with Gasteiger partial charge in [0.2, 0.25) is 0 Å². The maximum atomic E-state index is 11.2. The van der Waals surface area contributed by atoms with Gasteiger partial charge < -0.3 is 14.7 Å². The molecule has 0 aliphatic rings. The fourth-order valence-electron chi connectivity index (χ4n) is 1.35. The van der Waals surface area contributed by atoms with Crippen LogP contribution in [0.15, 0.2) is 0 Å². The quantitative estimate of drug-likeness (QED) is 0.721. The molecule has 0 rings (SSSR count). The molecule has 0 aliphatic heterocycles. The third-order valence-electron chi connectivity index (χ3n) is 2.30. The van der Waals surface area contributed by atoms with Crippen LogP contribution in [0.2, 0.25) is 0 Å². The van der Waals surface area contributed by atoms with Crippen molar-refractivity contribution in [1.29, 1.82) is 0 Å². The highest BCUT2D eigenvalue weighted by atomic mass is 16.5. The Morgan fingerprint density at radius 2 is 1.88 bits per heavy atom. The van der Waals surface area contributed by atoms with Crippen LogP contribution in [0.3, 0.4) is 0 Å². The Morgan fingerprint density at radius 1 is 1.31 bits per heavy atom. The number of aliphatic carboxylic acids is 1. The van der Waals surface area contributed by atoms with Gasteiger partial charge in [-0.05, 0) is 33.5 Å². The Labute approximate surface area is 95.8 Å². The maximum Gasteiger partial charge on any atom is 0.409 e. The zero-order valence-corrected chi connectivity index (χ0v) is 10.3. The van der Waals surface area contributed by atoms with Crippen LogP contribution in [-0.4, -0.2) is 67.8 Å². The van der Waals surface area contributed by atoms with Crippen molar-refractivity contribution in [3.05, 3.63) is 0 Å². The second kappa shape index (κ2) is 7.05. The number of likely N-dealkylation sites (N-methyl/N-ethyl adjacent to an activating group) is 1. The summed E-state index contributed by atoms with van der Waals surface area (Å²) in [7, 11) is 6.50. The number of carboxylic acid groups (broad SMARTS) is 1. The van der Waals surface area contributed by atoms with E-state index in [0.717, 1.165) is 11.4 Å². The minimum Gasteiger partial charge on any atom is -0.480 e. The number of methoxy groups -OCH3 is 1.